The number of carboxylic acid groups (broad SMARTS) is 4. The number of halogens is 1. The van der Waals surface area contributed by atoms with Crippen molar-refractivity contribution in [3.05, 3.63) is 53.1 Å². The minimum atomic E-state index is -1.26. The first kappa shape index (κ1) is 31.6. The average Bonchev–Trinajstić information content (AvgIpc) is 2.77. The van der Waals surface area contributed by atoms with Crippen LogP contribution in [-0.4, -0.2) is 81.5 Å². The molecule has 1 saturated heterocycles. The number of ether oxygens (including phenoxy) is 1. The summed E-state index contributed by atoms with van der Waals surface area (Å²) in [6, 6.07) is 6.46. The summed E-state index contributed by atoms with van der Waals surface area (Å²) in [6.45, 7) is 9.20. The molecule has 0 amide bonds. The summed E-state index contributed by atoms with van der Waals surface area (Å²) >= 11 is 6.11. The van der Waals surface area contributed by atoms with Crippen LogP contribution in [0.3, 0.4) is 0 Å². The van der Waals surface area contributed by atoms with Crippen molar-refractivity contribution < 1.29 is 44.3 Å². The van der Waals surface area contributed by atoms with Crippen LogP contribution in [0.1, 0.15) is 25.8 Å². The second-order valence-electron chi connectivity index (χ2n) is 7.21. The van der Waals surface area contributed by atoms with Crippen LogP contribution < -0.4 is 10.1 Å². The van der Waals surface area contributed by atoms with Crippen molar-refractivity contribution in [1.29, 1.82) is 0 Å². The van der Waals surface area contributed by atoms with Crippen molar-refractivity contribution in [1.82, 2.24) is 10.2 Å². The van der Waals surface area contributed by atoms with Gasteiger partial charge in [-0.1, -0.05) is 18.5 Å². The van der Waals surface area contributed by atoms with Crippen LogP contribution in [0.2, 0.25) is 5.02 Å². The largest absolute Gasteiger partial charge is 0.493 e. The Hall–Kier alpha value is -3.41. The molecule has 1 aliphatic heterocycles. The van der Waals surface area contributed by atoms with Crippen molar-refractivity contribution >= 4 is 35.5 Å². The Kier molecular flexibility index (Phi) is 16.2. The van der Waals surface area contributed by atoms with E-state index in [4.69, 9.17) is 36.8 Å². The van der Waals surface area contributed by atoms with Crippen LogP contribution in [0.15, 0.2) is 42.5 Å². The van der Waals surface area contributed by atoms with E-state index in [1.807, 2.05) is 18.2 Å². The van der Waals surface area contributed by atoms with Gasteiger partial charge in [-0.2, -0.15) is 0 Å². The van der Waals surface area contributed by atoms with Gasteiger partial charge in [0.1, 0.15) is 5.75 Å². The Bertz CT molecular complexity index is 837. The van der Waals surface area contributed by atoms with E-state index in [2.05, 4.69) is 24.1 Å². The lowest BCUT2D eigenvalue weighted by atomic mass is 10.1. The Balaban J connectivity index is 0.000000601. The average molecular weight is 515 g/mol. The Labute approximate surface area is 208 Å². The highest BCUT2D eigenvalue weighted by atomic mass is 35.5. The molecule has 1 aromatic rings. The molecule has 11 nitrogen and oxygen atoms in total. The number of carbonyl (C=O) groups is 4. The zero-order valence-corrected chi connectivity index (χ0v) is 20.3. The second-order valence-corrected chi connectivity index (χ2v) is 7.65. The number of rotatable bonds is 9. The zero-order valence-electron chi connectivity index (χ0n) is 19.5. The van der Waals surface area contributed by atoms with Crippen molar-refractivity contribution in [2.24, 2.45) is 0 Å². The molecular weight excluding hydrogens is 484 g/mol. The minimum absolute atomic E-state index is 0.549. The second kappa shape index (κ2) is 18.0. The number of hydrogen-bond donors (Lipinski definition) is 5. The maximum Gasteiger partial charge on any atom is 0.328 e. The van der Waals surface area contributed by atoms with E-state index in [1.165, 1.54) is 5.56 Å². The number of aliphatic carboxylic acids is 4. The molecule has 35 heavy (non-hydrogen) atoms. The van der Waals surface area contributed by atoms with Crippen LogP contribution in [0.5, 0.6) is 5.75 Å². The normalized spacial score (nSPS) is 15.5. The highest BCUT2D eigenvalue weighted by molar-refractivity contribution is 6.30. The van der Waals surface area contributed by atoms with Gasteiger partial charge in [-0.05, 0) is 31.5 Å². The van der Waals surface area contributed by atoms with Gasteiger partial charge in [0.2, 0.25) is 0 Å². The molecule has 0 aromatic heterocycles. The zero-order chi connectivity index (χ0) is 26.8. The monoisotopic (exact) mass is 514 g/mol. The molecule has 0 bridgehead atoms. The Morgan fingerprint density at radius 3 is 1.97 bits per heavy atom. The van der Waals surface area contributed by atoms with E-state index < -0.39 is 23.9 Å². The third kappa shape index (κ3) is 17.7. The molecule has 1 atom stereocenters. The summed E-state index contributed by atoms with van der Waals surface area (Å²) < 4.78 is 5.81. The number of nitrogens with one attached hydrogen (secondary N) is 1. The number of piperazine rings is 1. The molecule has 0 aliphatic carbocycles. The van der Waals surface area contributed by atoms with Gasteiger partial charge >= 0.3 is 23.9 Å². The van der Waals surface area contributed by atoms with Crippen molar-refractivity contribution in [3.8, 4) is 5.75 Å². The molecule has 12 heteroatoms. The van der Waals surface area contributed by atoms with E-state index in [0.717, 1.165) is 50.0 Å². The Morgan fingerprint density at radius 2 is 1.54 bits per heavy atom. The first-order valence-electron chi connectivity index (χ1n) is 10.6. The number of benzene rings is 1. The molecule has 5 N–H and O–H groups in total. The summed E-state index contributed by atoms with van der Waals surface area (Å²) in [7, 11) is 0. The van der Waals surface area contributed by atoms with E-state index in [-0.39, 0.29) is 0 Å². The first-order chi connectivity index (χ1) is 16.4. The third-order valence-electron chi connectivity index (χ3n) is 4.07. The van der Waals surface area contributed by atoms with Gasteiger partial charge in [-0.25, -0.2) is 19.2 Å². The SMILES string of the molecule is CCCOc1ccc(Cl)cc1CN1CCN[C@@H](C)C1.O=C(O)/C=C/C(=O)O.O=C(O)/C=C/C(=O)O. The standard InChI is InChI=1S/C15H23ClN2O.2C4H4O4/c1-3-8-19-15-5-4-14(16)9-13(15)11-18-7-6-17-12(2)10-18;2*5-3(6)1-2-4(7)8/h4-5,9,12,17H,3,6-8,10-11H2,1-2H3;2*1-2H,(H,5,6)(H,7,8)/b;2*2-1+/t12-;;/m0../s1. The smallest absolute Gasteiger partial charge is 0.328 e. The Morgan fingerprint density at radius 1 is 1.03 bits per heavy atom. The first-order valence-corrected chi connectivity index (χ1v) is 11.0. The highest BCUT2D eigenvalue weighted by Gasteiger charge is 2.17. The number of nitrogens with zero attached hydrogens (tertiary/aromatic N) is 1. The topological polar surface area (TPSA) is 174 Å². The number of carboxylic acids is 4. The van der Waals surface area contributed by atoms with E-state index in [0.29, 0.717) is 30.3 Å². The quantitative estimate of drug-likeness (QED) is 0.306. The molecule has 2 rings (SSSR count). The lowest BCUT2D eigenvalue weighted by molar-refractivity contribution is -0.134. The van der Waals surface area contributed by atoms with Gasteiger partial charge in [0.25, 0.3) is 0 Å². The predicted molar refractivity (Wildman–Crippen MR) is 129 cm³/mol. The van der Waals surface area contributed by atoms with E-state index in [1.54, 1.807) is 0 Å². The fraction of sp³-hybridized carbons (Fsp3) is 0.391. The molecule has 1 aromatic carbocycles. The molecule has 0 saturated carbocycles. The summed E-state index contributed by atoms with van der Waals surface area (Å²) in [5, 5.41) is 35.5. The van der Waals surface area contributed by atoms with Gasteiger partial charge in [-0.3, -0.25) is 4.90 Å². The summed E-state index contributed by atoms with van der Waals surface area (Å²) in [5.74, 6) is -4.06. The van der Waals surface area contributed by atoms with Crippen molar-refractivity contribution in [2.45, 2.75) is 32.9 Å². The molecule has 1 fully saturated rings. The summed E-state index contributed by atoms with van der Waals surface area (Å²) in [5.41, 5.74) is 1.19. The van der Waals surface area contributed by atoms with E-state index >= 15 is 0 Å². The van der Waals surface area contributed by atoms with Crippen LogP contribution in [-0.2, 0) is 25.7 Å². The summed E-state index contributed by atoms with van der Waals surface area (Å²) in [6.07, 6.45) is 3.25. The van der Waals surface area contributed by atoms with Gasteiger partial charge in [0, 0.05) is 67.1 Å². The predicted octanol–water partition coefficient (Wildman–Crippen LogP) is 2.35. The van der Waals surface area contributed by atoms with Gasteiger partial charge in [-0.15, -0.1) is 0 Å². The number of hydrogen-bond acceptors (Lipinski definition) is 7. The molecular formula is C23H31ClN2O9. The van der Waals surface area contributed by atoms with Gasteiger partial charge in [0.15, 0.2) is 0 Å². The minimum Gasteiger partial charge on any atom is -0.493 e. The molecule has 0 radical (unpaired) electrons. The van der Waals surface area contributed by atoms with Crippen LogP contribution in [0.25, 0.3) is 0 Å². The molecule has 0 unspecified atom stereocenters. The van der Waals surface area contributed by atoms with Crippen LogP contribution >= 0.6 is 11.6 Å². The van der Waals surface area contributed by atoms with Crippen molar-refractivity contribution in [2.75, 3.05) is 26.2 Å². The fourth-order valence-electron chi connectivity index (χ4n) is 2.71. The summed E-state index contributed by atoms with van der Waals surface area (Å²) in [4.78, 5) is 40.7. The molecule has 194 valence electrons. The highest BCUT2D eigenvalue weighted by Crippen LogP contribution is 2.25. The maximum atomic E-state index is 9.55. The molecule has 0 spiro atoms. The third-order valence-corrected chi connectivity index (χ3v) is 4.30. The van der Waals surface area contributed by atoms with Gasteiger partial charge in [0.05, 0.1) is 6.61 Å². The van der Waals surface area contributed by atoms with Crippen molar-refractivity contribution in [3.63, 3.8) is 0 Å². The fourth-order valence-corrected chi connectivity index (χ4v) is 2.90. The van der Waals surface area contributed by atoms with Crippen LogP contribution in [0, 0.1) is 0 Å². The maximum absolute atomic E-state index is 9.55. The molecule has 1 heterocycles. The molecule has 1 aliphatic rings. The van der Waals surface area contributed by atoms with Crippen LogP contribution in [0.4, 0.5) is 0 Å². The van der Waals surface area contributed by atoms with Gasteiger partial charge < -0.3 is 30.5 Å². The lowest BCUT2D eigenvalue weighted by Crippen LogP contribution is -2.48. The van der Waals surface area contributed by atoms with E-state index in [9.17, 15) is 19.2 Å². The lowest BCUT2D eigenvalue weighted by Gasteiger charge is -2.32.